The summed E-state index contributed by atoms with van der Waals surface area (Å²) in [6.07, 6.45) is 1.61. The van der Waals surface area contributed by atoms with Crippen LogP contribution in [0.3, 0.4) is 0 Å². The fourth-order valence-corrected chi connectivity index (χ4v) is 3.76. The van der Waals surface area contributed by atoms with Crippen molar-refractivity contribution in [2.24, 2.45) is 0 Å². The molecule has 1 aromatic heterocycles. The molecule has 8 heteroatoms. The quantitative estimate of drug-likeness (QED) is 0.246. The van der Waals surface area contributed by atoms with E-state index in [2.05, 4.69) is 5.32 Å². The van der Waals surface area contributed by atoms with Gasteiger partial charge in [0.2, 0.25) is 0 Å². The molecule has 0 radical (unpaired) electrons. The maximum atomic E-state index is 12.9. The van der Waals surface area contributed by atoms with Crippen molar-refractivity contribution < 1.29 is 23.5 Å². The zero-order valence-corrected chi connectivity index (χ0v) is 19.6. The predicted molar refractivity (Wildman–Crippen MR) is 127 cm³/mol. The summed E-state index contributed by atoms with van der Waals surface area (Å²) in [6, 6.07) is 9.74. The van der Waals surface area contributed by atoms with Crippen molar-refractivity contribution in [3.8, 4) is 5.75 Å². The monoisotopic (exact) mass is 457 g/mol. The van der Waals surface area contributed by atoms with Crippen molar-refractivity contribution in [3.63, 3.8) is 0 Å². The molecule has 3 aromatic rings. The van der Waals surface area contributed by atoms with Gasteiger partial charge in [-0.05, 0) is 69.7 Å². The van der Waals surface area contributed by atoms with Gasteiger partial charge < -0.3 is 19.2 Å². The van der Waals surface area contributed by atoms with Crippen LogP contribution < -0.4 is 15.7 Å². The Morgan fingerprint density at radius 3 is 2.44 bits per heavy atom. The Morgan fingerprint density at radius 2 is 1.78 bits per heavy atom. The molecule has 1 heterocycles. The van der Waals surface area contributed by atoms with E-state index in [1.165, 1.54) is 0 Å². The number of carbonyl (C=O) groups excluding carboxylic acids is 2. The molecule has 0 bridgehead atoms. The van der Waals surface area contributed by atoms with Crippen molar-refractivity contribution in [2.45, 2.75) is 45.8 Å². The molecule has 0 aliphatic carbocycles. The molecule has 170 valence electrons. The second-order valence-corrected chi connectivity index (χ2v) is 9.39. The number of benzene rings is 2. The molecular weight excluding hydrogens is 430 g/mol. The lowest BCUT2D eigenvalue weighted by Gasteiger charge is -2.23. The fraction of sp³-hybridized carbons (Fsp3) is 0.375. The van der Waals surface area contributed by atoms with E-state index in [-0.39, 0.29) is 5.75 Å². The van der Waals surface area contributed by atoms with Crippen molar-refractivity contribution in [1.29, 1.82) is 0 Å². The fourth-order valence-electron chi connectivity index (χ4n) is 3.29. The summed E-state index contributed by atoms with van der Waals surface area (Å²) < 4.78 is 16.4. The van der Waals surface area contributed by atoms with Crippen LogP contribution in [0.15, 0.2) is 45.6 Å². The number of carbonyl (C=O) groups is 2. The molecule has 0 aliphatic heterocycles. The normalized spacial score (nSPS) is 12.5. The number of hydrogen-bond acceptors (Lipinski definition) is 7. The molecule has 1 unspecified atom stereocenters. The van der Waals surface area contributed by atoms with Gasteiger partial charge >= 0.3 is 17.7 Å². The van der Waals surface area contributed by atoms with Gasteiger partial charge in [0.15, 0.2) is 0 Å². The Morgan fingerprint density at radius 1 is 1.09 bits per heavy atom. The summed E-state index contributed by atoms with van der Waals surface area (Å²) in [5.74, 6) is 0.296. The highest BCUT2D eigenvalue weighted by molar-refractivity contribution is 7.98. The highest BCUT2D eigenvalue weighted by atomic mass is 32.2. The number of fused-ring (bicyclic) bond motifs is 3. The third kappa shape index (κ3) is 5.43. The topological polar surface area (TPSA) is 94.8 Å². The summed E-state index contributed by atoms with van der Waals surface area (Å²) in [5.41, 5.74) is -0.253. The van der Waals surface area contributed by atoms with Crippen LogP contribution in [0, 0.1) is 6.92 Å². The van der Waals surface area contributed by atoms with Crippen LogP contribution >= 0.6 is 11.8 Å². The van der Waals surface area contributed by atoms with Crippen LogP contribution in [0.4, 0.5) is 4.79 Å². The van der Waals surface area contributed by atoms with Gasteiger partial charge in [0.1, 0.15) is 23.0 Å². The molecule has 0 fully saturated rings. The van der Waals surface area contributed by atoms with E-state index >= 15 is 0 Å². The lowest BCUT2D eigenvalue weighted by molar-refractivity contribution is -0.136. The lowest BCUT2D eigenvalue weighted by atomic mass is 10.0. The smallest absolute Gasteiger partial charge is 0.408 e. The Balaban J connectivity index is 1.89. The predicted octanol–water partition coefficient (Wildman–Crippen LogP) is 4.81. The van der Waals surface area contributed by atoms with Crippen molar-refractivity contribution in [2.75, 3.05) is 12.0 Å². The zero-order chi connectivity index (χ0) is 23.5. The first-order valence-corrected chi connectivity index (χ1v) is 11.7. The van der Waals surface area contributed by atoms with E-state index in [0.717, 1.165) is 10.8 Å². The molecule has 7 nitrogen and oxygen atoms in total. The standard InChI is InChI=1S/C24H27NO6S/c1-14-19(11-10-16-15-8-6-7-9-17(15)21(26)30-20(14)16)29-22(27)18(12-13-32-5)25-23(28)31-24(2,3)4/h6-11,18H,12-13H2,1-5H3,(H,25,28). The molecule has 1 amide bonds. The number of nitrogens with one attached hydrogen (secondary N) is 1. The summed E-state index contributed by atoms with van der Waals surface area (Å²) in [6.45, 7) is 6.97. The molecule has 0 spiro atoms. The summed E-state index contributed by atoms with van der Waals surface area (Å²) in [4.78, 5) is 37.5. The molecular formula is C24H27NO6S. The largest absolute Gasteiger partial charge is 0.444 e. The van der Waals surface area contributed by atoms with Crippen molar-refractivity contribution in [3.05, 3.63) is 52.4 Å². The van der Waals surface area contributed by atoms with Gasteiger partial charge in [0.25, 0.3) is 0 Å². The molecule has 1 N–H and O–H groups in total. The van der Waals surface area contributed by atoms with E-state index in [4.69, 9.17) is 13.9 Å². The third-order valence-electron chi connectivity index (χ3n) is 4.78. The van der Waals surface area contributed by atoms with Gasteiger partial charge in [-0.2, -0.15) is 11.8 Å². The number of aryl methyl sites for hydroxylation is 1. The molecule has 3 rings (SSSR count). The van der Waals surface area contributed by atoms with Crippen molar-refractivity contribution >= 4 is 45.6 Å². The molecule has 0 saturated carbocycles. The van der Waals surface area contributed by atoms with Gasteiger partial charge in [-0.25, -0.2) is 14.4 Å². The van der Waals surface area contributed by atoms with Crippen LogP contribution in [-0.2, 0) is 9.53 Å². The number of ether oxygens (including phenoxy) is 2. The number of rotatable bonds is 6. The average molecular weight is 458 g/mol. The van der Waals surface area contributed by atoms with E-state index in [1.807, 2.05) is 18.4 Å². The highest BCUT2D eigenvalue weighted by Crippen LogP contribution is 2.31. The van der Waals surface area contributed by atoms with Crippen molar-refractivity contribution in [1.82, 2.24) is 5.32 Å². The van der Waals surface area contributed by atoms with Crippen LogP contribution in [0.2, 0.25) is 0 Å². The van der Waals surface area contributed by atoms with E-state index < -0.39 is 29.3 Å². The van der Waals surface area contributed by atoms with E-state index in [0.29, 0.717) is 28.7 Å². The summed E-state index contributed by atoms with van der Waals surface area (Å²) >= 11 is 1.55. The Hall–Kier alpha value is -3.00. The minimum atomic E-state index is -0.879. The molecule has 0 saturated heterocycles. The first kappa shape index (κ1) is 23.7. The van der Waals surface area contributed by atoms with Gasteiger partial charge in [0, 0.05) is 10.9 Å². The SMILES string of the molecule is CSCCC(NC(=O)OC(C)(C)C)C(=O)Oc1ccc2c(oc(=O)c3ccccc32)c1C. The van der Waals surface area contributed by atoms with Gasteiger partial charge in [0.05, 0.1) is 5.39 Å². The summed E-state index contributed by atoms with van der Waals surface area (Å²) in [5, 5.41) is 4.61. The minimum absolute atomic E-state index is 0.265. The number of esters is 1. The molecule has 0 aliphatic rings. The second kappa shape index (κ2) is 9.65. The first-order chi connectivity index (χ1) is 15.1. The third-order valence-corrected chi connectivity index (χ3v) is 5.43. The van der Waals surface area contributed by atoms with Crippen LogP contribution in [-0.4, -0.2) is 35.7 Å². The Kier molecular flexibility index (Phi) is 7.13. The molecule has 32 heavy (non-hydrogen) atoms. The minimum Gasteiger partial charge on any atom is -0.444 e. The van der Waals surface area contributed by atoms with Crippen LogP contribution in [0.1, 0.15) is 32.8 Å². The van der Waals surface area contributed by atoms with Gasteiger partial charge in [-0.3, -0.25) is 0 Å². The zero-order valence-electron chi connectivity index (χ0n) is 18.8. The van der Waals surface area contributed by atoms with Gasteiger partial charge in [-0.15, -0.1) is 0 Å². The van der Waals surface area contributed by atoms with Crippen LogP contribution in [0.25, 0.3) is 21.7 Å². The van der Waals surface area contributed by atoms with E-state index in [9.17, 15) is 14.4 Å². The second-order valence-electron chi connectivity index (χ2n) is 8.40. The maximum Gasteiger partial charge on any atom is 0.408 e. The lowest BCUT2D eigenvalue weighted by Crippen LogP contribution is -2.45. The number of hydrogen-bond donors (Lipinski definition) is 1. The average Bonchev–Trinajstić information content (AvgIpc) is 2.72. The highest BCUT2D eigenvalue weighted by Gasteiger charge is 2.26. The summed E-state index contributed by atoms with van der Waals surface area (Å²) in [7, 11) is 0. The Labute approximate surface area is 190 Å². The Bertz CT molecular complexity index is 1210. The molecule has 2 aromatic carbocycles. The van der Waals surface area contributed by atoms with Gasteiger partial charge in [-0.1, -0.05) is 18.2 Å². The molecule has 1 atom stereocenters. The first-order valence-electron chi connectivity index (χ1n) is 10.3. The number of thioether (sulfide) groups is 1. The van der Waals surface area contributed by atoms with E-state index in [1.54, 1.807) is 63.7 Å². The maximum absolute atomic E-state index is 12.9. The van der Waals surface area contributed by atoms with Crippen LogP contribution in [0.5, 0.6) is 5.75 Å². The number of alkyl carbamates (subject to hydrolysis) is 1. The number of amides is 1.